The third-order valence-corrected chi connectivity index (χ3v) is 6.48. The van der Waals surface area contributed by atoms with Crippen molar-refractivity contribution in [1.29, 1.82) is 0 Å². The first-order valence-electron chi connectivity index (χ1n) is 5.40. The zero-order chi connectivity index (χ0) is 12.7. The summed E-state index contributed by atoms with van der Waals surface area (Å²) in [6.45, 7) is 12.2. The van der Waals surface area contributed by atoms with Crippen molar-refractivity contribution in [3.63, 3.8) is 0 Å². The Kier molecular flexibility index (Phi) is 3.40. The Morgan fingerprint density at radius 2 is 1.12 bits per heavy atom. The normalized spacial score (nSPS) is 13.0. The lowest BCUT2D eigenvalue weighted by atomic mass is 10.5. The fraction of sp³-hybridized carbons (Fsp3) is 0.545. The van der Waals surface area contributed by atoms with Gasteiger partial charge < -0.3 is 0 Å². The number of nitrogens with zero attached hydrogens (tertiary/aromatic N) is 1. The van der Waals surface area contributed by atoms with Gasteiger partial charge in [0.2, 0.25) is 11.9 Å². The van der Waals surface area contributed by atoms with Gasteiger partial charge in [0.25, 0.3) is 0 Å². The fourth-order valence-corrected chi connectivity index (χ4v) is 4.17. The molecule has 1 aromatic heterocycles. The van der Waals surface area contributed by atoms with Gasteiger partial charge in [-0.2, -0.15) is 13.8 Å². The van der Waals surface area contributed by atoms with Crippen LogP contribution < -0.4 is 10.4 Å². The molecular weight excluding hydrogens is 240 g/mol. The topological polar surface area (TPSA) is 12.9 Å². The second kappa shape index (κ2) is 4.03. The summed E-state index contributed by atoms with van der Waals surface area (Å²) in [6.07, 6.45) is 0. The molecule has 0 amide bonds. The molecule has 0 radical (unpaired) electrons. The first kappa shape index (κ1) is 13.5. The van der Waals surface area contributed by atoms with Crippen LogP contribution in [0, 0.1) is 11.9 Å². The highest BCUT2D eigenvalue weighted by atomic mass is 28.3. The van der Waals surface area contributed by atoms with Crippen LogP contribution in [0.1, 0.15) is 0 Å². The van der Waals surface area contributed by atoms with Gasteiger partial charge in [-0.15, -0.1) is 0 Å². The molecule has 0 aliphatic rings. The number of hydrogen-bond donors (Lipinski definition) is 0. The zero-order valence-corrected chi connectivity index (χ0v) is 12.8. The van der Waals surface area contributed by atoms with Crippen molar-refractivity contribution in [3.05, 3.63) is 18.0 Å². The summed E-state index contributed by atoms with van der Waals surface area (Å²) in [4.78, 5) is 3.44. The minimum atomic E-state index is -1.79. The van der Waals surface area contributed by atoms with Crippen molar-refractivity contribution in [1.82, 2.24) is 4.98 Å². The van der Waals surface area contributed by atoms with Crippen LogP contribution in [0.3, 0.4) is 0 Å². The predicted octanol–water partition coefficient (Wildman–Crippen LogP) is 2.45. The number of pyridine rings is 1. The number of hydrogen-bond acceptors (Lipinski definition) is 1. The molecule has 0 atom stereocenters. The van der Waals surface area contributed by atoms with Gasteiger partial charge in [0, 0.05) is 0 Å². The number of halogens is 2. The summed E-state index contributed by atoms with van der Waals surface area (Å²) in [5.41, 5.74) is 0. The summed E-state index contributed by atoms with van der Waals surface area (Å²) in [5.74, 6) is -1.25. The average Bonchev–Trinajstić information content (AvgIpc) is 1.97. The Labute approximate surface area is 97.9 Å². The molecule has 0 aliphatic heterocycles. The first-order chi connectivity index (χ1) is 7.03. The van der Waals surface area contributed by atoms with E-state index in [-0.39, 0.29) is 0 Å². The third-order valence-electron chi connectivity index (χ3n) is 2.55. The molecule has 0 fully saturated rings. The Morgan fingerprint density at radius 1 is 0.812 bits per heavy atom. The largest absolute Gasteiger partial charge is 0.214 e. The van der Waals surface area contributed by atoms with E-state index in [2.05, 4.69) is 4.98 Å². The standard InChI is InChI=1S/C11H19F2NSi2/c1-15(2,3)8-7-9(16(4,5)6)11(13)14-10(8)12/h7H,1-6H3. The molecule has 0 spiro atoms. The molecule has 90 valence electrons. The lowest BCUT2D eigenvalue weighted by Gasteiger charge is -2.22. The molecule has 0 aromatic carbocycles. The van der Waals surface area contributed by atoms with E-state index in [1.807, 2.05) is 39.3 Å². The molecular formula is C11H19F2NSi2. The van der Waals surface area contributed by atoms with Crippen molar-refractivity contribution in [2.75, 3.05) is 0 Å². The van der Waals surface area contributed by atoms with E-state index in [1.165, 1.54) is 0 Å². The molecule has 1 heterocycles. The number of aromatic nitrogens is 1. The van der Waals surface area contributed by atoms with Crippen LogP contribution >= 0.6 is 0 Å². The van der Waals surface area contributed by atoms with E-state index in [9.17, 15) is 8.78 Å². The fourth-order valence-electron chi connectivity index (χ4n) is 1.52. The molecule has 0 saturated carbocycles. The van der Waals surface area contributed by atoms with Crippen molar-refractivity contribution < 1.29 is 8.78 Å². The van der Waals surface area contributed by atoms with E-state index >= 15 is 0 Å². The lowest BCUT2D eigenvalue weighted by molar-refractivity contribution is 0.522. The number of rotatable bonds is 2. The summed E-state index contributed by atoms with van der Waals surface area (Å²) in [7, 11) is -3.59. The first-order valence-corrected chi connectivity index (χ1v) is 12.4. The third kappa shape index (κ3) is 2.76. The van der Waals surface area contributed by atoms with Crippen LogP contribution in [0.2, 0.25) is 39.3 Å². The summed E-state index contributed by atoms with van der Waals surface area (Å²) in [6, 6.07) is 1.72. The summed E-state index contributed by atoms with van der Waals surface area (Å²) in [5, 5.41) is 1.26. The molecule has 0 N–H and O–H groups in total. The maximum atomic E-state index is 13.6. The minimum absolute atomic E-state index is 0.626. The van der Waals surface area contributed by atoms with Crippen LogP contribution in [0.4, 0.5) is 8.78 Å². The molecule has 0 bridgehead atoms. The molecule has 16 heavy (non-hydrogen) atoms. The predicted molar refractivity (Wildman–Crippen MR) is 70.1 cm³/mol. The van der Waals surface area contributed by atoms with Crippen molar-refractivity contribution in [2.45, 2.75) is 39.3 Å². The van der Waals surface area contributed by atoms with Crippen molar-refractivity contribution in [2.24, 2.45) is 0 Å². The lowest BCUT2D eigenvalue weighted by Crippen LogP contribution is -2.49. The average molecular weight is 259 g/mol. The maximum Gasteiger partial charge on any atom is 0.214 e. The van der Waals surface area contributed by atoms with Crippen LogP contribution in [0.5, 0.6) is 0 Å². The minimum Gasteiger partial charge on any atom is -0.191 e. The summed E-state index contributed by atoms with van der Waals surface area (Å²) < 4.78 is 27.2. The highest BCUT2D eigenvalue weighted by Gasteiger charge is 2.28. The van der Waals surface area contributed by atoms with E-state index in [0.29, 0.717) is 10.4 Å². The summed E-state index contributed by atoms with van der Waals surface area (Å²) >= 11 is 0. The van der Waals surface area contributed by atoms with Gasteiger partial charge in [-0.3, -0.25) is 0 Å². The second-order valence-electron chi connectivity index (χ2n) is 6.17. The van der Waals surface area contributed by atoms with Gasteiger partial charge in [-0.05, 0) is 10.4 Å². The van der Waals surface area contributed by atoms with Gasteiger partial charge in [0.05, 0.1) is 16.1 Å². The van der Waals surface area contributed by atoms with Crippen molar-refractivity contribution >= 4 is 26.5 Å². The van der Waals surface area contributed by atoms with Crippen molar-refractivity contribution in [3.8, 4) is 0 Å². The van der Waals surface area contributed by atoms with Gasteiger partial charge >= 0.3 is 0 Å². The quantitative estimate of drug-likeness (QED) is 0.587. The zero-order valence-electron chi connectivity index (χ0n) is 10.8. The molecule has 0 aliphatic carbocycles. The van der Waals surface area contributed by atoms with Gasteiger partial charge in [0.1, 0.15) is 0 Å². The van der Waals surface area contributed by atoms with E-state index in [0.717, 1.165) is 0 Å². The van der Waals surface area contributed by atoms with Crippen LogP contribution in [0.15, 0.2) is 6.07 Å². The Bertz CT molecular complexity index is 370. The molecule has 0 unspecified atom stereocenters. The van der Waals surface area contributed by atoms with Gasteiger partial charge in [-0.25, -0.2) is 0 Å². The molecule has 1 aromatic rings. The Hall–Kier alpha value is -0.556. The molecule has 1 rings (SSSR count). The Morgan fingerprint density at radius 3 is 1.38 bits per heavy atom. The maximum absolute atomic E-state index is 13.6. The van der Waals surface area contributed by atoms with E-state index in [1.54, 1.807) is 6.07 Å². The highest BCUT2D eigenvalue weighted by molar-refractivity contribution is 6.91. The smallest absolute Gasteiger partial charge is 0.191 e. The van der Waals surface area contributed by atoms with Crippen LogP contribution in [-0.4, -0.2) is 21.1 Å². The van der Waals surface area contributed by atoms with Crippen LogP contribution in [0.25, 0.3) is 0 Å². The second-order valence-corrected chi connectivity index (χ2v) is 16.2. The molecule has 5 heteroatoms. The van der Waals surface area contributed by atoms with Gasteiger partial charge in [-0.1, -0.05) is 45.3 Å². The van der Waals surface area contributed by atoms with E-state index in [4.69, 9.17) is 0 Å². The Balaban J connectivity index is 3.45. The SMILES string of the molecule is C[Si](C)(C)c1cc([Si](C)(C)C)c(F)nc1F. The van der Waals surface area contributed by atoms with E-state index < -0.39 is 28.0 Å². The van der Waals surface area contributed by atoms with Crippen LogP contribution in [-0.2, 0) is 0 Å². The molecule has 0 saturated heterocycles. The highest BCUT2D eigenvalue weighted by Crippen LogP contribution is 2.08. The monoisotopic (exact) mass is 259 g/mol. The van der Waals surface area contributed by atoms with Gasteiger partial charge in [0.15, 0.2) is 0 Å². The molecule has 1 nitrogen and oxygen atoms in total.